The number of ether oxygens (including phenoxy) is 2. The Morgan fingerprint density at radius 1 is 1.06 bits per heavy atom. The van der Waals surface area contributed by atoms with E-state index in [0.717, 1.165) is 21.9 Å². The minimum Gasteiger partial charge on any atom is -0.456 e. The smallest absolute Gasteiger partial charge is 0.456 e. The molecule has 0 atom stereocenters. The number of carbonyl (C=O) groups excluding carboxylic acids is 1. The molecule has 2 aromatic carbocycles. The van der Waals surface area contributed by atoms with Crippen LogP contribution in [0.1, 0.15) is 0 Å². The van der Waals surface area contributed by atoms with Crippen LogP contribution in [0.4, 0.5) is 4.79 Å². The quantitative estimate of drug-likeness (QED) is 0.482. The molecule has 0 bridgehead atoms. The number of fused-ring (bicyclic) bond motifs is 3. The molecule has 0 unspecified atom stereocenters. The van der Waals surface area contributed by atoms with E-state index in [2.05, 4.69) is 4.74 Å². The molecule has 18 heavy (non-hydrogen) atoms. The average Bonchev–Trinajstić information content (AvgIpc) is 2.77. The summed E-state index contributed by atoms with van der Waals surface area (Å²) in [7, 11) is 1.27. The van der Waals surface area contributed by atoms with Crippen molar-refractivity contribution in [2.75, 3.05) is 7.11 Å². The number of methoxy groups -OCH3 is 1. The third-order valence-electron chi connectivity index (χ3n) is 2.72. The Bertz CT molecular complexity index is 727. The predicted octanol–water partition coefficient (Wildman–Crippen LogP) is 3.73. The highest BCUT2D eigenvalue weighted by Gasteiger charge is 2.09. The lowest BCUT2D eigenvalue weighted by atomic mass is 10.1. The zero-order valence-corrected chi connectivity index (χ0v) is 9.67. The summed E-state index contributed by atoms with van der Waals surface area (Å²) in [5.41, 5.74) is 1.57. The summed E-state index contributed by atoms with van der Waals surface area (Å²) in [4.78, 5) is 11.1. The summed E-state index contributed by atoms with van der Waals surface area (Å²) >= 11 is 0. The molecule has 1 heterocycles. The molecule has 0 N–H and O–H groups in total. The molecule has 4 nitrogen and oxygen atoms in total. The maximum Gasteiger partial charge on any atom is 0.513 e. The number of hydrogen-bond acceptors (Lipinski definition) is 4. The normalized spacial score (nSPS) is 10.7. The standard InChI is InChI=1S/C14H10O4/c1-16-14(15)17-9-6-7-13-11(8-9)10-4-2-3-5-12(10)18-13/h2-8H,1H3. The molecular weight excluding hydrogens is 232 g/mol. The zero-order valence-electron chi connectivity index (χ0n) is 9.67. The predicted molar refractivity (Wildman–Crippen MR) is 66.8 cm³/mol. The molecule has 0 amide bonds. The van der Waals surface area contributed by atoms with Crippen molar-refractivity contribution in [3.8, 4) is 5.75 Å². The summed E-state index contributed by atoms with van der Waals surface area (Å²) in [5, 5.41) is 1.90. The van der Waals surface area contributed by atoms with Crippen molar-refractivity contribution >= 4 is 28.1 Å². The van der Waals surface area contributed by atoms with Gasteiger partial charge in [0.1, 0.15) is 16.9 Å². The minimum absolute atomic E-state index is 0.431. The van der Waals surface area contributed by atoms with Crippen molar-refractivity contribution in [2.45, 2.75) is 0 Å². The highest BCUT2D eigenvalue weighted by Crippen LogP contribution is 2.31. The van der Waals surface area contributed by atoms with Crippen LogP contribution >= 0.6 is 0 Å². The minimum atomic E-state index is -0.734. The lowest BCUT2D eigenvalue weighted by Crippen LogP contribution is -2.06. The first kappa shape index (κ1) is 10.7. The number of benzene rings is 2. The molecule has 90 valence electrons. The maximum atomic E-state index is 11.1. The first-order valence-electron chi connectivity index (χ1n) is 5.45. The number of carbonyl (C=O) groups is 1. The number of rotatable bonds is 1. The topological polar surface area (TPSA) is 48.7 Å². The van der Waals surface area contributed by atoms with Gasteiger partial charge in [-0.25, -0.2) is 4.79 Å². The number of hydrogen-bond donors (Lipinski definition) is 0. The molecule has 1 aromatic heterocycles. The van der Waals surface area contributed by atoms with Crippen molar-refractivity contribution in [1.29, 1.82) is 0 Å². The van der Waals surface area contributed by atoms with Gasteiger partial charge in [0.25, 0.3) is 0 Å². The molecule has 0 spiro atoms. The van der Waals surface area contributed by atoms with Gasteiger partial charge in [-0.3, -0.25) is 0 Å². The molecule has 0 saturated carbocycles. The van der Waals surface area contributed by atoms with Crippen LogP contribution in [-0.2, 0) is 4.74 Å². The van der Waals surface area contributed by atoms with Crippen LogP contribution in [0.2, 0.25) is 0 Å². The first-order valence-corrected chi connectivity index (χ1v) is 5.45. The molecule has 0 aliphatic carbocycles. The molecule has 3 rings (SSSR count). The van der Waals surface area contributed by atoms with E-state index in [9.17, 15) is 4.79 Å². The Kier molecular flexibility index (Phi) is 2.41. The second kappa shape index (κ2) is 4.07. The first-order chi connectivity index (χ1) is 8.78. The molecule has 4 heteroatoms. The van der Waals surface area contributed by atoms with Crippen molar-refractivity contribution in [3.05, 3.63) is 42.5 Å². The fourth-order valence-corrected chi connectivity index (χ4v) is 1.91. The van der Waals surface area contributed by atoms with Crippen LogP contribution in [0.25, 0.3) is 21.9 Å². The third-order valence-corrected chi connectivity index (χ3v) is 2.72. The van der Waals surface area contributed by atoms with E-state index in [0.29, 0.717) is 5.75 Å². The molecule has 0 saturated heterocycles. The van der Waals surface area contributed by atoms with Gasteiger partial charge in [-0.05, 0) is 24.3 Å². The van der Waals surface area contributed by atoms with E-state index in [1.807, 2.05) is 24.3 Å². The fourth-order valence-electron chi connectivity index (χ4n) is 1.91. The molecule has 3 aromatic rings. The van der Waals surface area contributed by atoms with Gasteiger partial charge >= 0.3 is 6.16 Å². The Morgan fingerprint density at radius 3 is 2.67 bits per heavy atom. The van der Waals surface area contributed by atoms with E-state index in [-0.39, 0.29) is 0 Å². The van der Waals surface area contributed by atoms with E-state index >= 15 is 0 Å². The van der Waals surface area contributed by atoms with Gasteiger partial charge in [0.2, 0.25) is 0 Å². The Balaban J connectivity index is 2.15. The van der Waals surface area contributed by atoms with Gasteiger partial charge in [-0.2, -0.15) is 0 Å². The van der Waals surface area contributed by atoms with Crippen LogP contribution in [0.3, 0.4) is 0 Å². The lowest BCUT2D eigenvalue weighted by Gasteiger charge is -2.01. The molecule has 0 aliphatic heterocycles. The van der Waals surface area contributed by atoms with Crippen molar-refractivity contribution in [3.63, 3.8) is 0 Å². The Morgan fingerprint density at radius 2 is 1.83 bits per heavy atom. The van der Waals surface area contributed by atoms with Crippen LogP contribution in [0.5, 0.6) is 5.75 Å². The van der Waals surface area contributed by atoms with Crippen molar-refractivity contribution in [1.82, 2.24) is 0 Å². The molecule has 0 aliphatic rings. The van der Waals surface area contributed by atoms with Gasteiger partial charge in [0, 0.05) is 10.8 Å². The third kappa shape index (κ3) is 1.68. The maximum absolute atomic E-state index is 11.1. The van der Waals surface area contributed by atoms with Crippen molar-refractivity contribution in [2.24, 2.45) is 0 Å². The van der Waals surface area contributed by atoms with Crippen LogP contribution in [0.15, 0.2) is 46.9 Å². The van der Waals surface area contributed by atoms with Gasteiger partial charge in [-0.15, -0.1) is 0 Å². The van der Waals surface area contributed by atoms with Crippen LogP contribution < -0.4 is 4.74 Å². The molecule has 0 radical (unpaired) electrons. The van der Waals surface area contributed by atoms with E-state index in [4.69, 9.17) is 9.15 Å². The van der Waals surface area contributed by atoms with Gasteiger partial charge in [-0.1, -0.05) is 18.2 Å². The zero-order chi connectivity index (χ0) is 12.5. The highest BCUT2D eigenvalue weighted by atomic mass is 16.7. The summed E-state index contributed by atoms with van der Waals surface area (Å²) in [6.45, 7) is 0. The SMILES string of the molecule is COC(=O)Oc1ccc2oc3ccccc3c2c1. The lowest BCUT2D eigenvalue weighted by molar-refractivity contribution is 0.121. The fraction of sp³-hybridized carbons (Fsp3) is 0.0714. The molecular formula is C14H10O4. The summed E-state index contributed by atoms with van der Waals surface area (Å²) in [5.74, 6) is 0.431. The second-order valence-corrected chi connectivity index (χ2v) is 3.81. The second-order valence-electron chi connectivity index (χ2n) is 3.81. The van der Waals surface area contributed by atoms with E-state index in [1.165, 1.54) is 7.11 Å². The van der Waals surface area contributed by atoms with Gasteiger partial charge in [0.05, 0.1) is 7.11 Å². The van der Waals surface area contributed by atoms with Gasteiger partial charge in [0.15, 0.2) is 0 Å². The Labute approximate surface area is 103 Å². The van der Waals surface area contributed by atoms with E-state index in [1.54, 1.807) is 18.2 Å². The van der Waals surface area contributed by atoms with E-state index < -0.39 is 6.16 Å². The van der Waals surface area contributed by atoms with Crippen LogP contribution in [0, 0.1) is 0 Å². The summed E-state index contributed by atoms with van der Waals surface area (Å²) in [6, 6.07) is 12.9. The largest absolute Gasteiger partial charge is 0.513 e. The number of para-hydroxylation sites is 1. The molecule has 0 fully saturated rings. The highest BCUT2D eigenvalue weighted by molar-refractivity contribution is 6.05. The summed E-state index contributed by atoms with van der Waals surface area (Å²) in [6.07, 6.45) is -0.734. The monoisotopic (exact) mass is 242 g/mol. The average molecular weight is 242 g/mol. The van der Waals surface area contributed by atoms with Crippen molar-refractivity contribution < 1.29 is 18.7 Å². The number of furan rings is 1. The van der Waals surface area contributed by atoms with Crippen LogP contribution in [-0.4, -0.2) is 13.3 Å². The Hall–Kier alpha value is -2.49. The van der Waals surface area contributed by atoms with Gasteiger partial charge < -0.3 is 13.9 Å². The summed E-state index contributed by atoms with van der Waals surface area (Å²) < 4.78 is 15.1.